The van der Waals surface area contributed by atoms with E-state index in [0.29, 0.717) is 0 Å². The molecular formula is C16H20FNS. The van der Waals surface area contributed by atoms with Gasteiger partial charge in [-0.25, -0.2) is 4.39 Å². The quantitative estimate of drug-likeness (QED) is 0.854. The summed E-state index contributed by atoms with van der Waals surface area (Å²) >= 11 is 1.82. The normalized spacial score (nSPS) is 12.6. The van der Waals surface area contributed by atoms with Crippen LogP contribution in [0.1, 0.15) is 33.8 Å². The molecule has 0 fully saturated rings. The second kappa shape index (κ2) is 6.31. The van der Waals surface area contributed by atoms with Crippen LogP contribution in [0.2, 0.25) is 0 Å². The van der Waals surface area contributed by atoms with Crippen molar-refractivity contribution in [3.63, 3.8) is 0 Å². The average molecular weight is 277 g/mol. The third kappa shape index (κ3) is 3.64. The van der Waals surface area contributed by atoms with Gasteiger partial charge >= 0.3 is 0 Å². The van der Waals surface area contributed by atoms with Crippen LogP contribution in [-0.2, 0) is 6.42 Å². The second-order valence-electron chi connectivity index (χ2n) is 4.81. The second-order valence-corrected chi connectivity index (χ2v) is 6.27. The Kier molecular flexibility index (Phi) is 4.72. The number of likely N-dealkylation sites (N-methyl/N-ethyl adjacent to an activating group) is 1. The maximum absolute atomic E-state index is 13.3. The standard InChI is InChI=1S/C16H20FNS/c1-4-18-16(15-8-11(2)19-12(15)3)10-13-6-5-7-14(17)9-13/h5-9,16,18H,4,10H2,1-3H3. The first kappa shape index (κ1) is 14.2. The van der Waals surface area contributed by atoms with E-state index < -0.39 is 0 Å². The first-order valence-corrected chi connectivity index (χ1v) is 7.46. The highest BCUT2D eigenvalue weighted by Gasteiger charge is 2.15. The van der Waals surface area contributed by atoms with Gasteiger partial charge in [-0.1, -0.05) is 19.1 Å². The van der Waals surface area contributed by atoms with Crippen LogP contribution in [0.4, 0.5) is 4.39 Å². The van der Waals surface area contributed by atoms with E-state index in [1.165, 1.54) is 21.4 Å². The van der Waals surface area contributed by atoms with Gasteiger partial charge in [-0.05, 0) is 56.1 Å². The lowest BCUT2D eigenvalue weighted by Crippen LogP contribution is -2.23. The number of hydrogen-bond acceptors (Lipinski definition) is 2. The molecule has 1 heterocycles. The number of halogens is 1. The van der Waals surface area contributed by atoms with Gasteiger partial charge in [0, 0.05) is 15.8 Å². The zero-order chi connectivity index (χ0) is 13.8. The minimum Gasteiger partial charge on any atom is -0.310 e. The van der Waals surface area contributed by atoms with E-state index >= 15 is 0 Å². The fourth-order valence-corrected chi connectivity index (χ4v) is 3.42. The molecule has 102 valence electrons. The Labute approximate surface area is 118 Å². The predicted molar refractivity (Wildman–Crippen MR) is 80.3 cm³/mol. The lowest BCUT2D eigenvalue weighted by atomic mass is 9.99. The number of benzene rings is 1. The highest BCUT2D eigenvalue weighted by Crippen LogP contribution is 2.28. The first-order chi connectivity index (χ1) is 9.10. The molecule has 1 nitrogen and oxygen atoms in total. The van der Waals surface area contributed by atoms with Gasteiger partial charge < -0.3 is 5.32 Å². The Hall–Kier alpha value is -1.19. The highest BCUT2D eigenvalue weighted by atomic mass is 32.1. The monoisotopic (exact) mass is 277 g/mol. The van der Waals surface area contributed by atoms with Gasteiger partial charge in [0.2, 0.25) is 0 Å². The molecule has 1 N–H and O–H groups in total. The maximum Gasteiger partial charge on any atom is 0.123 e. The Morgan fingerprint density at radius 1 is 1.26 bits per heavy atom. The third-order valence-electron chi connectivity index (χ3n) is 3.23. The van der Waals surface area contributed by atoms with Crippen LogP contribution in [-0.4, -0.2) is 6.54 Å². The maximum atomic E-state index is 13.3. The van der Waals surface area contributed by atoms with E-state index in [1.54, 1.807) is 12.1 Å². The molecule has 0 spiro atoms. The van der Waals surface area contributed by atoms with Crippen LogP contribution < -0.4 is 5.32 Å². The fraction of sp³-hybridized carbons (Fsp3) is 0.375. The smallest absolute Gasteiger partial charge is 0.123 e. The molecule has 2 aromatic rings. The average Bonchev–Trinajstić information content (AvgIpc) is 2.68. The molecule has 19 heavy (non-hydrogen) atoms. The van der Waals surface area contributed by atoms with Crippen molar-refractivity contribution in [2.75, 3.05) is 6.54 Å². The third-order valence-corrected chi connectivity index (χ3v) is 4.22. The van der Waals surface area contributed by atoms with Crippen LogP contribution in [0.5, 0.6) is 0 Å². The molecule has 3 heteroatoms. The Morgan fingerprint density at radius 2 is 2.05 bits per heavy atom. The topological polar surface area (TPSA) is 12.0 Å². The number of hydrogen-bond donors (Lipinski definition) is 1. The Balaban J connectivity index is 2.23. The molecule has 0 saturated carbocycles. The van der Waals surface area contributed by atoms with Crippen LogP contribution in [0.15, 0.2) is 30.3 Å². The SMILES string of the molecule is CCNC(Cc1cccc(F)c1)c1cc(C)sc1C. The molecule has 0 amide bonds. The summed E-state index contributed by atoms with van der Waals surface area (Å²) < 4.78 is 13.3. The largest absolute Gasteiger partial charge is 0.310 e. The number of aryl methyl sites for hydroxylation is 2. The van der Waals surface area contributed by atoms with Gasteiger partial charge in [0.05, 0.1) is 0 Å². The van der Waals surface area contributed by atoms with Crippen molar-refractivity contribution in [1.29, 1.82) is 0 Å². The van der Waals surface area contributed by atoms with Gasteiger partial charge in [0.15, 0.2) is 0 Å². The van der Waals surface area contributed by atoms with E-state index in [1.807, 2.05) is 17.4 Å². The molecule has 0 saturated heterocycles. The van der Waals surface area contributed by atoms with E-state index in [2.05, 4.69) is 32.2 Å². The minimum absolute atomic E-state index is 0.161. The zero-order valence-corrected chi connectivity index (χ0v) is 12.5. The number of rotatable bonds is 5. The van der Waals surface area contributed by atoms with Crippen molar-refractivity contribution < 1.29 is 4.39 Å². The molecule has 0 aliphatic heterocycles. The van der Waals surface area contributed by atoms with Crippen molar-refractivity contribution in [1.82, 2.24) is 5.32 Å². The molecule has 0 radical (unpaired) electrons. The summed E-state index contributed by atoms with van der Waals surface area (Å²) in [5.74, 6) is -0.161. The van der Waals surface area contributed by atoms with Gasteiger partial charge in [-0.15, -0.1) is 11.3 Å². The molecule has 0 bridgehead atoms. The summed E-state index contributed by atoms with van der Waals surface area (Å²) in [6.45, 7) is 7.30. The Bertz CT molecular complexity index is 547. The lowest BCUT2D eigenvalue weighted by molar-refractivity contribution is 0.546. The van der Waals surface area contributed by atoms with Crippen molar-refractivity contribution >= 4 is 11.3 Å². The van der Waals surface area contributed by atoms with Gasteiger partial charge in [-0.2, -0.15) is 0 Å². The van der Waals surface area contributed by atoms with Gasteiger partial charge in [0.1, 0.15) is 5.82 Å². The van der Waals surface area contributed by atoms with Crippen molar-refractivity contribution in [2.45, 2.75) is 33.2 Å². The van der Waals surface area contributed by atoms with Crippen LogP contribution in [0.25, 0.3) is 0 Å². The van der Waals surface area contributed by atoms with Gasteiger partial charge in [-0.3, -0.25) is 0 Å². The lowest BCUT2D eigenvalue weighted by Gasteiger charge is -2.18. The minimum atomic E-state index is -0.161. The summed E-state index contributed by atoms with van der Waals surface area (Å²) in [4.78, 5) is 2.68. The number of thiophene rings is 1. The Morgan fingerprint density at radius 3 is 2.63 bits per heavy atom. The van der Waals surface area contributed by atoms with E-state index in [4.69, 9.17) is 0 Å². The van der Waals surface area contributed by atoms with E-state index in [-0.39, 0.29) is 11.9 Å². The molecule has 1 atom stereocenters. The fourth-order valence-electron chi connectivity index (χ4n) is 2.43. The molecule has 1 unspecified atom stereocenters. The summed E-state index contributed by atoms with van der Waals surface area (Å²) in [6.07, 6.45) is 0.822. The van der Waals surface area contributed by atoms with Crippen LogP contribution in [0, 0.1) is 19.7 Å². The summed E-state index contributed by atoms with van der Waals surface area (Å²) in [6, 6.07) is 9.38. The van der Waals surface area contributed by atoms with Crippen molar-refractivity contribution in [2.24, 2.45) is 0 Å². The summed E-state index contributed by atoms with van der Waals surface area (Å²) in [5, 5.41) is 3.51. The molecule has 0 aliphatic carbocycles. The first-order valence-electron chi connectivity index (χ1n) is 6.65. The van der Waals surface area contributed by atoms with Crippen molar-refractivity contribution in [3.05, 3.63) is 57.0 Å². The molecule has 2 rings (SSSR count). The molecule has 1 aromatic carbocycles. The van der Waals surface area contributed by atoms with E-state index in [0.717, 1.165) is 18.5 Å². The number of nitrogens with one attached hydrogen (secondary N) is 1. The molecule has 0 aliphatic rings. The van der Waals surface area contributed by atoms with Crippen LogP contribution in [0.3, 0.4) is 0 Å². The summed E-state index contributed by atoms with van der Waals surface area (Å²) in [7, 11) is 0. The summed E-state index contributed by atoms with van der Waals surface area (Å²) in [5.41, 5.74) is 2.38. The molecular weight excluding hydrogens is 257 g/mol. The predicted octanol–water partition coefficient (Wildman–Crippen LogP) is 4.40. The van der Waals surface area contributed by atoms with Gasteiger partial charge in [0.25, 0.3) is 0 Å². The van der Waals surface area contributed by atoms with Crippen molar-refractivity contribution in [3.8, 4) is 0 Å². The van der Waals surface area contributed by atoms with E-state index in [9.17, 15) is 4.39 Å². The van der Waals surface area contributed by atoms with Crippen LogP contribution >= 0.6 is 11.3 Å². The molecule has 1 aromatic heterocycles. The zero-order valence-electron chi connectivity index (χ0n) is 11.7. The highest BCUT2D eigenvalue weighted by molar-refractivity contribution is 7.12.